The predicted molar refractivity (Wildman–Crippen MR) is 110 cm³/mol. The number of ether oxygens (including phenoxy) is 1. The van der Waals surface area contributed by atoms with Crippen LogP contribution >= 0.6 is 0 Å². The number of hydrogen-bond acceptors (Lipinski definition) is 3. The third-order valence-corrected chi connectivity index (χ3v) is 6.24. The smallest absolute Gasteiger partial charge is 0.0976 e. The molecule has 3 aromatic rings. The minimum Gasteiger partial charge on any atom is -0.372 e. The van der Waals surface area contributed by atoms with Crippen molar-refractivity contribution in [1.29, 1.82) is 0 Å². The van der Waals surface area contributed by atoms with Gasteiger partial charge >= 0.3 is 0 Å². The van der Waals surface area contributed by atoms with E-state index < -0.39 is 0 Å². The van der Waals surface area contributed by atoms with E-state index in [1.807, 2.05) is 12.3 Å². The van der Waals surface area contributed by atoms with Crippen LogP contribution in [-0.4, -0.2) is 35.6 Å². The van der Waals surface area contributed by atoms with Gasteiger partial charge in [-0.25, -0.2) is 0 Å². The molecule has 27 heavy (non-hydrogen) atoms. The normalized spacial score (nSPS) is 19.2. The summed E-state index contributed by atoms with van der Waals surface area (Å²) in [6, 6.07) is 14.8. The highest BCUT2D eigenvalue weighted by Gasteiger charge is 2.36. The summed E-state index contributed by atoms with van der Waals surface area (Å²) in [7, 11) is 4.32. The number of fused-ring (bicyclic) bond motifs is 3. The van der Waals surface area contributed by atoms with Crippen LogP contribution in [0.15, 0.2) is 48.7 Å². The molecule has 0 fully saturated rings. The first-order chi connectivity index (χ1) is 13.2. The Balaban J connectivity index is 1.63. The van der Waals surface area contributed by atoms with Crippen LogP contribution in [0, 0.1) is 0 Å². The lowest BCUT2D eigenvalue weighted by Crippen LogP contribution is -2.42. The molecule has 0 spiro atoms. The number of rotatable bonds is 6. The molecule has 4 nitrogen and oxygen atoms in total. The topological polar surface area (TPSA) is 41.1 Å². The lowest BCUT2D eigenvalue weighted by molar-refractivity contribution is 0.0160. The van der Waals surface area contributed by atoms with Gasteiger partial charge in [0.05, 0.1) is 23.9 Å². The van der Waals surface area contributed by atoms with Crippen molar-refractivity contribution in [2.45, 2.75) is 44.2 Å². The number of benzene rings is 1. The molecule has 4 heteroatoms. The molecule has 0 radical (unpaired) electrons. The second-order valence-corrected chi connectivity index (χ2v) is 7.71. The average Bonchev–Trinajstić information content (AvgIpc) is 3.09. The van der Waals surface area contributed by atoms with E-state index in [4.69, 9.17) is 9.72 Å². The molecular formula is C23H29N3O. The highest BCUT2D eigenvalue weighted by Crippen LogP contribution is 2.40. The molecule has 0 amide bonds. The Morgan fingerprint density at radius 2 is 2.00 bits per heavy atom. The van der Waals surface area contributed by atoms with Crippen molar-refractivity contribution in [3.8, 4) is 0 Å². The molecule has 2 atom stereocenters. The van der Waals surface area contributed by atoms with Crippen LogP contribution in [0.25, 0.3) is 10.9 Å². The molecule has 1 aliphatic heterocycles. The fraction of sp³-hybridized carbons (Fsp3) is 0.435. The summed E-state index contributed by atoms with van der Waals surface area (Å²) in [6.07, 6.45) is 6.01. The number of nitrogens with one attached hydrogen (secondary N) is 1. The highest BCUT2D eigenvalue weighted by atomic mass is 16.5. The van der Waals surface area contributed by atoms with E-state index in [1.165, 1.54) is 22.2 Å². The first-order valence-electron chi connectivity index (χ1n) is 9.95. The van der Waals surface area contributed by atoms with Crippen LogP contribution in [0.3, 0.4) is 0 Å². The Morgan fingerprint density at radius 1 is 1.19 bits per heavy atom. The van der Waals surface area contributed by atoms with Crippen molar-refractivity contribution in [1.82, 2.24) is 14.9 Å². The molecule has 0 bridgehead atoms. The van der Waals surface area contributed by atoms with Crippen LogP contribution in [0.1, 0.15) is 49.2 Å². The van der Waals surface area contributed by atoms with E-state index >= 15 is 0 Å². The predicted octanol–water partition coefficient (Wildman–Crippen LogP) is 4.82. The van der Waals surface area contributed by atoms with E-state index in [0.717, 1.165) is 38.0 Å². The molecule has 1 aromatic carbocycles. The van der Waals surface area contributed by atoms with Gasteiger partial charge in [0.25, 0.3) is 0 Å². The zero-order valence-electron chi connectivity index (χ0n) is 16.5. The van der Waals surface area contributed by atoms with E-state index in [-0.39, 0.29) is 11.6 Å². The van der Waals surface area contributed by atoms with Gasteiger partial charge in [-0.05, 0) is 63.5 Å². The Bertz CT molecular complexity index is 902. The van der Waals surface area contributed by atoms with Crippen molar-refractivity contribution >= 4 is 10.9 Å². The molecule has 3 heterocycles. The number of hydrogen-bond donors (Lipinski definition) is 1. The second-order valence-electron chi connectivity index (χ2n) is 7.71. The molecule has 2 unspecified atom stereocenters. The number of aromatic nitrogens is 2. The van der Waals surface area contributed by atoms with Gasteiger partial charge in [0.15, 0.2) is 0 Å². The van der Waals surface area contributed by atoms with Gasteiger partial charge in [-0.3, -0.25) is 9.88 Å². The number of nitrogens with zero attached hydrogens (tertiary/aromatic N) is 2. The largest absolute Gasteiger partial charge is 0.372 e. The van der Waals surface area contributed by atoms with Gasteiger partial charge in [0.1, 0.15) is 0 Å². The Hall–Kier alpha value is -2.17. The molecular weight excluding hydrogens is 334 g/mol. The summed E-state index contributed by atoms with van der Waals surface area (Å²) in [5.74, 6) is 0. The fourth-order valence-electron chi connectivity index (χ4n) is 4.64. The maximum Gasteiger partial charge on any atom is 0.0976 e. The van der Waals surface area contributed by atoms with Crippen LogP contribution in [0.2, 0.25) is 0 Å². The zero-order chi connectivity index (χ0) is 18.9. The summed E-state index contributed by atoms with van der Waals surface area (Å²) < 4.78 is 6.22. The number of H-pyrrole nitrogens is 1. The van der Waals surface area contributed by atoms with E-state index in [9.17, 15) is 0 Å². The van der Waals surface area contributed by atoms with Crippen LogP contribution in [0.4, 0.5) is 0 Å². The molecule has 0 saturated heterocycles. The molecule has 142 valence electrons. The molecule has 4 rings (SSSR count). The lowest BCUT2D eigenvalue weighted by Gasteiger charge is -2.40. The standard InChI is InChI=1S/C23H29N3O/c1-4-23(26(2)3,21-11-7-8-15-24-21)14-12-20-22-18(13-16-27-20)17-9-5-6-10-19(17)25-22/h5-11,15,20,25H,4,12-14,16H2,1-3H3. The first-order valence-corrected chi connectivity index (χ1v) is 9.95. The minimum atomic E-state index is -0.0752. The SMILES string of the molecule is CCC(CCC1OCCc2c1[nH]c1ccccc21)(c1ccccn1)N(C)C. The maximum absolute atomic E-state index is 6.22. The van der Waals surface area contributed by atoms with Gasteiger partial charge in [-0.15, -0.1) is 0 Å². The lowest BCUT2D eigenvalue weighted by atomic mass is 9.83. The fourth-order valence-corrected chi connectivity index (χ4v) is 4.64. The van der Waals surface area contributed by atoms with E-state index in [1.54, 1.807) is 0 Å². The maximum atomic E-state index is 6.22. The first kappa shape index (κ1) is 18.2. The van der Waals surface area contributed by atoms with Crippen LogP contribution in [-0.2, 0) is 16.7 Å². The molecule has 0 saturated carbocycles. The number of para-hydroxylation sites is 1. The van der Waals surface area contributed by atoms with Gasteiger partial charge in [0.2, 0.25) is 0 Å². The van der Waals surface area contributed by atoms with E-state index in [2.05, 4.69) is 67.3 Å². The molecule has 1 N–H and O–H groups in total. The van der Waals surface area contributed by atoms with Gasteiger partial charge < -0.3 is 9.72 Å². The summed E-state index contributed by atoms with van der Waals surface area (Å²) in [6.45, 7) is 3.05. The van der Waals surface area contributed by atoms with Gasteiger partial charge in [0, 0.05) is 22.8 Å². The summed E-state index contributed by atoms with van der Waals surface area (Å²) in [5, 5.41) is 1.35. The highest BCUT2D eigenvalue weighted by molar-refractivity contribution is 5.85. The summed E-state index contributed by atoms with van der Waals surface area (Å²) >= 11 is 0. The number of pyridine rings is 1. The third-order valence-electron chi connectivity index (χ3n) is 6.24. The average molecular weight is 364 g/mol. The van der Waals surface area contributed by atoms with E-state index in [0.29, 0.717) is 0 Å². The summed E-state index contributed by atoms with van der Waals surface area (Å²) in [5.41, 5.74) is 5.00. The quantitative estimate of drug-likeness (QED) is 0.682. The molecule has 0 aliphatic carbocycles. The second kappa shape index (κ2) is 7.45. The van der Waals surface area contributed by atoms with Crippen molar-refractivity contribution < 1.29 is 4.74 Å². The molecule has 1 aliphatic rings. The van der Waals surface area contributed by atoms with Crippen molar-refractivity contribution in [3.63, 3.8) is 0 Å². The Kier molecular flexibility index (Phi) is 5.02. The van der Waals surface area contributed by atoms with Gasteiger partial charge in [-0.2, -0.15) is 0 Å². The van der Waals surface area contributed by atoms with Crippen molar-refractivity contribution in [3.05, 3.63) is 65.6 Å². The third kappa shape index (κ3) is 3.17. The minimum absolute atomic E-state index is 0.0752. The Labute approximate surface area is 161 Å². The molecule has 2 aromatic heterocycles. The number of aromatic amines is 1. The van der Waals surface area contributed by atoms with Crippen molar-refractivity contribution in [2.75, 3.05) is 20.7 Å². The zero-order valence-corrected chi connectivity index (χ0v) is 16.5. The summed E-state index contributed by atoms with van der Waals surface area (Å²) in [4.78, 5) is 10.7. The van der Waals surface area contributed by atoms with Crippen molar-refractivity contribution in [2.24, 2.45) is 0 Å². The van der Waals surface area contributed by atoms with Crippen LogP contribution < -0.4 is 0 Å². The Morgan fingerprint density at radius 3 is 2.74 bits per heavy atom. The monoisotopic (exact) mass is 363 g/mol. The van der Waals surface area contributed by atoms with Gasteiger partial charge in [-0.1, -0.05) is 31.2 Å². The van der Waals surface area contributed by atoms with Crippen LogP contribution in [0.5, 0.6) is 0 Å².